The first kappa shape index (κ1) is 13.9. The maximum atomic E-state index is 5.31. The second kappa shape index (κ2) is 8.97. The molecule has 1 aliphatic heterocycles. The monoisotopic (exact) mass is 228 g/mol. The fraction of sp³-hybridized carbons (Fsp3) is 1.00. The number of ether oxygens (including phenoxy) is 1. The van der Waals surface area contributed by atoms with Gasteiger partial charge in [-0.1, -0.05) is 6.42 Å². The molecule has 0 aromatic heterocycles. The summed E-state index contributed by atoms with van der Waals surface area (Å²) in [7, 11) is 0. The molecule has 2 N–H and O–H groups in total. The summed E-state index contributed by atoms with van der Waals surface area (Å²) in [6.45, 7) is 8.34. The van der Waals surface area contributed by atoms with Crippen molar-refractivity contribution in [2.24, 2.45) is 0 Å². The maximum absolute atomic E-state index is 5.31. The summed E-state index contributed by atoms with van der Waals surface area (Å²) in [5, 5.41) is 7.16. The van der Waals surface area contributed by atoms with E-state index in [2.05, 4.69) is 17.6 Å². The van der Waals surface area contributed by atoms with Gasteiger partial charge in [-0.15, -0.1) is 0 Å². The number of piperidine rings is 1. The highest BCUT2D eigenvalue weighted by Gasteiger charge is 2.14. The molecule has 1 heterocycles. The van der Waals surface area contributed by atoms with Gasteiger partial charge in [0, 0.05) is 25.3 Å². The summed E-state index contributed by atoms with van der Waals surface area (Å²) in [6.07, 6.45) is 6.48. The van der Waals surface area contributed by atoms with Crippen LogP contribution < -0.4 is 10.6 Å². The minimum atomic E-state index is 0.622. The Kier molecular flexibility index (Phi) is 7.81. The molecule has 0 spiro atoms. The van der Waals surface area contributed by atoms with E-state index in [1.807, 2.05) is 6.92 Å². The molecule has 1 saturated heterocycles. The lowest BCUT2D eigenvalue weighted by Crippen LogP contribution is -2.40. The Bertz CT molecular complexity index is 158. The SMILES string of the molecule is CCOCCCNC(C)CC1CCCCN1. The number of nitrogens with one attached hydrogen (secondary N) is 2. The van der Waals surface area contributed by atoms with Crippen LogP contribution in [-0.2, 0) is 4.74 Å². The van der Waals surface area contributed by atoms with Crippen molar-refractivity contribution in [3.05, 3.63) is 0 Å². The van der Waals surface area contributed by atoms with Gasteiger partial charge >= 0.3 is 0 Å². The molecule has 3 nitrogen and oxygen atoms in total. The third kappa shape index (κ3) is 6.46. The first-order valence-corrected chi connectivity index (χ1v) is 6.87. The predicted octanol–water partition coefficient (Wildman–Crippen LogP) is 1.92. The first-order chi connectivity index (χ1) is 7.83. The van der Waals surface area contributed by atoms with E-state index in [0.717, 1.165) is 32.2 Å². The van der Waals surface area contributed by atoms with E-state index in [1.165, 1.54) is 32.2 Å². The molecule has 96 valence electrons. The zero-order valence-corrected chi connectivity index (χ0v) is 10.9. The van der Waals surface area contributed by atoms with Crippen molar-refractivity contribution < 1.29 is 4.74 Å². The van der Waals surface area contributed by atoms with Gasteiger partial charge < -0.3 is 15.4 Å². The molecule has 0 aromatic rings. The lowest BCUT2D eigenvalue weighted by molar-refractivity contribution is 0.144. The van der Waals surface area contributed by atoms with Crippen LogP contribution in [0.15, 0.2) is 0 Å². The highest BCUT2D eigenvalue weighted by molar-refractivity contribution is 4.76. The van der Waals surface area contributed by atoms with Gasteiger partial charge in [0.2, 0.25) is 0 Å². The normalized spacial score (nSPS) is 23.2. The molecule has 1 rings (SSSR count). The van der Waals surface area contributed by atoms with E-state index in [-0.39, 0.29) is 0 Å². The van der Waals surface area contributed by atoms with E-state index >= 15 is 0 Å². The predicted molar refractivity (Wildman–Crippen MR) is 68.8 cm³/mol. The molecular weight excluding hydrogens is 200 g/mol. The number of rotatable bonds is 8. The molecule has 2 atom stereocenters. The minimum Gasteiger partial charge on any atom is -0.382 e. The Balaban J connectivity index is 1.95. The summed E-state index contributed by atoms with van der Waals surface area (Å²) < 4.78 is 5.31. The van der Waals surface area contributed by atoms with Crippen LogP contribution in [0.1, 0.15) is 46.0 Å². The summed E-state index contributed by atoms with van der Waals surface area (Å²) in [6, 6.07) is 1.36. The van der Waals surface area contributed by atoms with Gasteiger partial charge in [0.05, 0.1) is 0 Å². The van der Waals surface area contributed by atoms with E-state index in [0.29, 0.717) is 6.04 Å². The second-order valence-corrected chi connectivity index (χ2v) is 4.79. The van der Waals surface area contributed by atoms with Crippen LogP contribution in [0.5, 0.6) is 0 Å². The van der Waals surface area contributed by atoms with Gasteiger partial charge in [-0.3, -0.25) is 0 Å². The van der Waals surface area contributed by atoms with Crippen molar-refractivity contribution in [1.29, 1.82) is 0 Å². The average molecular weight is 228 g/mol. The van der Waals surface area contributed by atoms with Gasteiger partial charge in [0.25, 0.3) is 0 Å². The molecule has 0 aromatic carbocycles. The van der Waals surface area contributed by atoms with Crippen LogP contribution in [0.3, 0.4) is 0 Å². The minimum absolute atomic E-state index is 0.622. The largest absolute Gasteiger partial charge is 0.382 e. The Hall–Kier alpha value is -0.120. The van der Waals surface area contributed by atoms with Gasteiger partial charge in [-0.05, 0) is 52.6 Å². The van der Waals surface area contributed by atoms with E-state index in [1.54, 1.807) is 0 Å². The quantitative estimate of drug-likeness (QED) is 0.623. The third-order valence-corrected chi connectivity index (χ3v) is 3.21. The fourth-order valence-electron chi connectivity index (χ4n) is 2.30. The van der Waals surface area contributed by atoms with Crippen molar-refractivity contribution in [3.63, 3.8) is 0 Å². The molecule has 0 radical (unpaired) electrons. The Labute approximate surface area is 100 Å². The van der Waals surface area contributed by atoms with Crippen LogP contribution in [0.25, 0.3) is 0 Å². The Morgan fingerprint density at radius 1 is 1.44 bits per heavy atom. The van der Waals surface area contributed by atoms with Crippen LogP contribution in [0.2, 0.25) is 0 Å². The topological polar surface area (TPSA) is 33.3 Å². The highest BCUT2D eigenvalue weighted by atomic mass is 16.5. The molecule has 0 bridgehead atoms. The Morgan fingerprint density at radius 2 is 2.31 bits per heavy atom. The number of hydrogen-bond donors (Lipinski definition) is 2. The van der Waals surface area contributed by atoms with Gasteiger partial charge in [0.1, 0.15) is 0 Å². The molecule has 0 aliphatic carbocycles. The molecule has 16 heavy (non-hydrogen) atoms. The smallest absolute Gasteiger partial charge is 0.0477 e. The van der Waals surface area contributed by atoms with Crippen LogP contribution in [-0.4, -0.2) is 38.4 Å². The standard InChI is InChI=1S/C13H28N2O/c1-3-16-10-6-9-14-12(2)11-13-7-4-5-8-15-13/h12-15H,3-11H2,1-2H3. The lowest BCUT2D eigenvalue weighted by Gasteiger charge is -2.26. The maximum Gasteiger partial charge on any atom is 0.0477 e. The molecule has 0 saturated carbocycles. The summed E-state index contributed by atoms with van der Waals surface area (Å²) in [5.41, 5.74) is 0. The van der Waals surface area contributed by atoms with E-state index in [4.69, 9.17) is 4.74 Å². The van der Waals surface area contributed by atoms with E-state index in [9.17, 15) is 0 Å². The molecule has 1 fully saturated rings. The zero-order valence-electron chi connectivity index (χ0n) is 10.9. The van der Waals surface area contributed by atoms with Gasteiger partial charge in [0.15, 0.2) is 0 Å². The summed E-state index contributed by atoms with van der Waals surface area (Å²) in [4.78, 5) is 0. The molecule has 3 heteroatoms. The molecular formula is C13H28N2O. The third-order valence-electron chi connectivity index (χ3n) is 3.21. The second-order valence-electron chi connectivity index (χ2n) is 4.79. The van der Waals surface area contributed by atoms with Crippen molar-refractivity contribution in [1.82, 2.24) is 10.6 Å². The van der Waals surface area contributed by atoms with Crippen molar-refractivity contribution in [3.8, 4) is 0 Å². The van der Waals surface area contributed by atoms with E-state index < -0.39 is 0 Å². The molecule has 0 amide bonds. The Morgan fingerprint density at radius 3 is 3.00 bits per heavy atom. The summed E-state index contributed by atoms with van der Waals surface area (Å²) >= 11 is 0. The van der Waals surface area contributed by atoms with Crippen LogP contribution in [0.4, 0.5) is 0 Å². The number of hydrogen-bond acceptors (Lipinski definition) is 3. The zero-order chi connectivity index (χ0) is 11.6. The van der Waals surface area contributed by atoms with Crippen LogP contribution in [0, 0.1) is 0 Å². The highest BCUT2D eigenvalue weighted by Crippen LogP contribution is 2.11. The average Bonchev–Trinajstić information content (AvgIpc) is 2.30. The van der Waals surface area contributed by atoms with Gasteiger partial charge in [-0.2, -0.15) is 0 Å². The summed E-state index contributed by atoms with van der Waals surface area (Å²) in [5.74, 6) is 0. The van der Waals surface area contributed by atoms with Crippen molar-refractivity contribution >= 4 is 0 Å². The van der Waals surface area contributed by atoms with Crippen molar-refractivity contribution in [2.75, 3.05) is 26.3 Å². The van der Waals surface area contributed by atoms with Crippen LogP contribution >= 0.6 is 0 Å². The lowest BCUT2D eigenvalue weighted by atomic mass is 9.99. The van der Waals surface area contributed by atoms with Gasteiger partial charge in [-0.25, -0.2) is 0 Å². The first-order valence-electron chi connectivity index (χ1n) is 6.87. The fourth-order valence-corrected chi connectivity index (χ4v) is 2.30. The molecule has 1 aliphatic rings. The van der Waals surface area contributed by atoms with Crippen molar-refractivity contribution in [2.45, 2.75) is 58.0 Å². The molecule has 2 unspecified atom stereocenters.